The highest BCUT2D eigenvalue weighted by Gasteiger charge is 2.18. The fourth-order valence-corrected chi connectivity index (χ4v) is 2.71. The number of aliphatic imine (C=N–C) groups is 1. The predicted octanol–water partition coefficient (Wildman–Crippen LogP) is 2.08. The van der Waals surface area contributed by atoms with Crippen molar-refractivity contribution >= 4 is 16.8 Å². The molecule has 0 aromatic heterocycles. The lowest BCUT2D eigenvalue weighted by molar-refractivity contribution is 0.607. The number of halogens is 1. The van der Waals surface area contributed by atoms with Gasteiger partial charge in [-0.25, -0.2) is 4.39 Å². The zero-order valence-electron chi connectivity index (χ0n) is 13.8. The summed E-state index contributed by atoms with van der Waals surface area (Å²) in [4.78, 5) is 4.10. The van der Waals surface area contributed by atoms with E-state index in [-0.39, 0.29) is 10.6 Å². The van der Waals surface area contributed by atoms with Crippen molar-refractivity contribution in [2.24, 2.45) is 4.99 Å². The highest BCUT2D eigenvalue weighted by Crippen LogP contribution is 2.10. The Balaban J connectivity index is 2.32. The summed E-state index contributed by atoms with van der Waals surface area (Å²) in [5.41, 5.74) is 0.680. The molecule has 0 spiro atoms. The summed E-state index contributed by atoms with van der Waals surface area (Å²) in [5, 5.41) is 6.26. The molecule has 0 radical (unpaired) electrons. The topological polar surface area (TPSA) is 53.5 Å². The van der Waals surface area contributed by atoms with Crippen molar-refractivity contribution in [1.82, 2.24) is 10.6 Å². The summed E-state index contributed by atoms with van der Waals surface area (Å²) in [6.45, 7) is 7.06. The Hall–Kier alpha value is -1.43. The van der Waals surface area contributed by atoms with E-state index in [0.29, 0.717) is 36.8 Å². The number of hydrogen-bond acceptors (Lipinski definition) is 2. The molecular weight excluding hydrogens is 301 g/mol. The number of hydrogen-bond donors (Lipinski definition) is 2. The van der Waals surface area contributed by atoms with Crippen LogP contribution in [0.2, 0.25) is 0 Å². The third-order valence-electron chi connectivity index (χ3n) is 3.13. The summed E-state index contributed by atoms with van der Waals surface area (Å²) in [5.74, 6) is 1.02. The van der Waals surface area contributed by atoms with Gasteiger partial charge in [0.25, 0.3) is 0 Å². The first-order valence-electron chi connectivity index (χ1n) is 7.41. The van der Waals surface area contributed by atoms with Crippen LogP contribution >= 0.6 is 0 Å². The summed E-state index contributed by atoms with van der Waals surface area (Å²) < 4.78 is 25.2. The molecular formula is C16H26FN3OS. The maximum absolute atomic E-state index is 13.5. The number of benzene rings is 1. The molecule has 1 atom stereocenters. The van der Waals surface area contributed by atoms with Gasteiger partial charge in [-0.2, -0.15) is 0 Å². The second kappa shape index (κ2) is 8.88. The minimum atomic E-state index is -0.889. The Kier molecular flexibility index (Phi) is 7.51. The molecule has 1 aromatic carbocycles. The van der Waals surface area contributed by atoms with Gasteiger partial charge in [0.2, 0.25) is 0 Å². The van der Waals surface area contributed by atoms with Gasteiger partial charge in [-0.15, -0.1) is 0 Å². The average molecular weight is 327 g/mol. The molecule has 0 heterocycles. The second-order valence-corrected chi connectivity index (χ2v) is 8.25. The molecule has 0 saturated heterocycles. The molecule has 0 aliphatic heterocycles. The Morgan fingerprint density at radius 2 is 1.86 bits per heavy atom. The van der Waals surface area contributed by atoms with Crippen LogP contribution in [0.1, 0.15) is 26.3 Å². The first kappa shape index (κ1) is 18.6. The van der Waals surface area contributed by atoms with Gasteiger partial charge in [0.15, 0.2) is 5.96 Å². The maximum Gasteiger partial charge on any atom is 0.191 e. The minimum absolute atomic E-state index is 0.187. The molecule has 1 rings (SSSR count). The summed E-state index contributed by atoms with van der Waals surface area (Å²) in [6.07, 6.45) is 0.585. The largest absolute Gasteiger partial charge is 0.356 e. The predicted molar refractivity (Wildman–Crippen MR) is 92.2 cm³/mol. The van der Waals surface area contributed by atoms with Crippen LogP contribution in [-0.4, -0.2) is 40.8 Å². The first-order valence-corrected chi connectivity index (χ1v) is 8.73. The Labute approximate surface area is 135 Å². The molecule has 1 aromatic rings. The molecule has 0 saturated carbocycles. The third-order valence-corrected chi connectivity index (χ3v) is 5.07. The van der Waals surface area contributed by atoms with Crippen LogP contribution < -0.4 is 10.6 Å². The molecule has 0 aliphatic carbocycles. The quantitative estimate of drug-likeness (QED) is 0.621. The van der Waals surface area contributed by atoms with Crippen molar-refractivity contribution in [1.29, 1.82) is 0 Å². The zero-order chi connectivity index (χ0) is 16.6. The summed E-state index contributed by atoms with van der Waals surface area (Å²) in [7, 11) is 0.791. The van der Waals surface area contributed by atoms with Crippen molar-refractivity contribution in [3.8, 4) is 0 Å². The molecule has 124 valence electrons. The molecule has 22 heavy (non-hydrogen) atoms. The van der Waals surface area contributed by atoms with Crippen LogP contribution in [0.15, 0.2) is 29.3 Å². The monoisotopic (exact) mass is 327 g/mol. The Bertz CT molecular complexity index is 526. The fourth-order valence-electron chi connectivity index (χ4n) is 1.81. The number of nitrogens with zero attached hydrogens (tertiary/aromatic N) is 1. The smallest absolute Gasteiger partial charge is 0.191 e. The molecule has 0 fully saturated rings. The highest BCUT2D eigenvalue weighted by molar-refractivity contribution is 7.86. The van der Waals surface area contributed by atoms with E-state index >= 15 is 0 Å². The molecule has 6 heteroatoms. The van der Waals surface area contributed by atoms with Crippen LogP contribution in [0, 0.1) is 5.82 Å². The molecule has 1 unspecified atom stereocenters. The molecule has 2 N–H and O–H groups in total. The number of guanidine groups is 1. The molecule has 0 amide bonds. The van der Waals surface area contributed by atoms with E-state index in [9.17, 15) is 8.60 Å². The summed E-state index contributed by atoms with van der Waals surface area (Å²) in [6, 6.07) is 6.75. The van der Waals surface area contributed by atoms with Gasteiger partial charge in [-0.05, 0) is 38.8 Å². The molecule has 0 bridgehead atoms. The van der Waals surface area contributed by atoms with Gasteiger partial charge in [0.05, 0.1) is 0 Å². The van der Waals surface area contributed by atoms with Gasteiger partial charge in [-0.1, -0.05) is 18.2 Å². The highest BCUT2D eigenvalue weighted by atomic mass is 32.2. The number of nitrogens with one attached hydrogen (secondary N) is 2. The van der Waals surface area contributed by atoms with Gasteiger partial charge < -0.3 is 10.6 Å². The van der Waals surface area contributed by atoms with Gasteiger partial charge in [0.1, 0.15) is 5.82 Å². The van der Waals surface area contributed by atoms with E-state index in [2.05, 4.69) is 15.6 Å². The van der Waals surface area contributed by atoms with Crippen LogP contribution in [0.3, 0.4) is 0 Å². The van der Waals surface area contributed by atoms with Crippen molar-refractivity contribution in [2.75, 3.05) is 25.9 Å². The van der Waals surface area contributed by atoms with Crippen LogP contribution in [-0.2, 0) is 17.2 Å². The number of rotatable bonds is 6. The van der Waals surface area contributed by atoms with E-state index < -0.39 is 10.8 Å². The standard InChI is InChI=1S/C16H26FN3OS/c1-16(2,3)22(21)12-11-20-15(18-4)19-10-9-13-7-5-6-8-14(13)17/h5-8H,9-12H2,1-4H3,(H2,18,19,20). The molecule has 0 aliphatic rings. The van der Waals surface area contributed by atoms with Gasteiger partial charge in [0, 0.05) is 41.4 Å². The SMILES string of the molecule is CN=C(NCCc1ccccc1F)NCCS(=O)C(C)(C)C. The van der Waals surface area contributed by atoms with Crippen LogP contribution in [0.25, 0.3) is 0 Å². The van der Waals surface area contributed by atoms with E-state index in [1.54, 1.807) is 19.2 Å². The normalized spacial score (nSPS) is 13.8. The van der Waals surface area contributed by atoms with Crippen LogP contribution in [0.4, 0.5) is 4.39 Å². The van der Waals surface area contributed by atoms with Crippen molar-refractivity contribution in [3.05, 3.63) is 35.6 Å². The lowest BCUT2D eigenvalue weighted by atomic mass is 10.1. The van der Waals surface area contributed by atoms with Crippen molar-refractivity contribution < 1.29 is 8.60 Å². The van der Waals surface area contributed by atoms with Gasteiger partial charge >= 0.3 is 0 Å². The van der Waals surface area contributed by atoms with Gasteiger partial charge in [-0.3, -0.25) is 9.20 Å². The minimum Gasteiger partial charge on any atom is -0.356 e. The Morgan fingerprint density at radius 3 is 2.45 bits per heavy atom. The second-order valence-electron chi connectivity index (χ2n) is 5.93. The lowest BCUT2D eigenvalue weighted by Gasteiger charge is -2.18. The summed E-state index contributed by atoms with van der Waals surface area (Å²) >= 11 is 0. The molecule has 4 nitrogen and oxygen atoms in total. The zero-order valence-corrected chi connectivity index (χ0v) is 14.6. The van der Waals surface area contributed by atoms with Crippen molar-refractivity contribution in [3.63, 3.8) is 0 Å². The maximum atomic E-state index is 13.5. The van der Waals surface area contributed by atoms with Crippen LogP contribution in [0.5, 0.6) is 0 Å². The van der Waals surface area contributed by atoms with Crippen molar-refractivity contribution in [2.45, 2.75) is 31.9 Å². The average Bonchev–Trinajstić information content (AvgIpc) is 2.46. The first-order chi connectivity index (χ1) is 10.3. The third kappa shape index (κ3) is 6.56. The Morgan fingerprint density at radius 1 is 1.23 bits per heavy atom. The lowest BCUT2D eigenvalue weighted by Crippen LogP contribution is -2.41. The fraction of sp³-hybridized carbons (Fsp3) is 0.562. The van der Waals surface area contributed by atoms with E-state index in [0.717, 1.165) is 0 Å². The van der Waals surface area contributed by atoms with E-state index in [1.807, 2.05) is 26.8 Å². The van der Waals surface area contributed by atoms with E-state index in [4.69, 9.17) is 0 Å². The van der Waals surface area contributed by atoms with E-state index in [1.165, 1.54) is 6.07 Å².